The Morgan fingerprint density at radius 3 is 2.20 bits per heavy atom. The van der Waals surface area contributed by atoms with Gasteiger partial charge in [0, 0.05) is 24.8 Å². The molecule has 0 bridgehead atoms. The third kappa shape index (κ3) is 2.87. The smallest absolute Gasteiger partial charge is 0.0592 e. The van der Waals surface area contributed by atoms with Crippen LogP contribution in [0.25, 0.3) is 0 Å². The predicted molar refractivity (Wildman–Crippen MR) is 59.7 cm³/mol. The molecule has 2 aromatic rings. The van der Waals surface area contributed by atoms with Gasteiger partial charge in [-0.25, -0.2) is 0 Å². The fourth-order valence-corrected chi connectivity index (χ4v) is 1.06. The number of rotatable bonds is 3. The van der Waals surface area contributed by atoms with Crippen molar-refractivity contribution in [3.63, 3.8) is 0 Å². The number of hydrazone groups is 1. The van der Waals surface area contributed by atoms with Crippen LogP contribution in [-0.2, 0) is 0 Å². The lowest BCUT2D eigenvalue weighted by Crippen LogP contribution is -1.90. The second kappa shape index (κ2) is 4.85. The Balaban J connectivity index is 1.97. The number of anilines is 1. The number of hydrogen-bond acceptors (Lipinski definition) is 4. The first kappa shape index (κ1) is 9.33. The van der Waals surface area contributed by atoms with Crippen molar-refractivity contribution in [2.24, 2.45) is 5.10 Å². The third-order valence-corrected chi connectivity index (χ3v) is 1.79. The van der Waals surface area contributed by atoms with E-state index in [0.717, 1.165) is 11.3 Å². The molecule has 0 aromatic carbocycles. The summed E-state index contributed by atoms with van der Waals surface area (Å²) >= 11 is 0. The summed E-state index contributed by atoms with van der Waals surface area (Å²) in [5.41, 5.74) is 4.82. The monoisotopic (exact) mass is 198 g/mol. The number of pyridine rings is 2. The van der Waals surface area contributed by atoms with E-state index in [1.165, 1.54) is 0 Å². The van der Waals surface area contributed by atoms with Crippen molar-refractivity contribution in [2.75, 3.05) is 5.43 Å². The molecular weight excluding hydrogens is 188 g/mol. The van der Waals surface area contributed by atoms with E-state index < -0.39 is 0 Å². The largest absolute Gasteiger partial charge is 0.278 e. The first-order chi connectivity index (χ1) is 7.45. The normalized spacial score (nSPS) is 10.4. The molecule has 2 heterocycles. The van der Waals surface area contributed by atoms with Crippen molar-refractivity contribution < 1.29 is 0 Å². The quantitative estimate of drug-likeness (QED) is 0.605. The molecule has 0 amide bonds. The molecule has 74 valence electrons. The Morgan fingerprint density at radius 1 is 0.933 bits per heavy atom. The van der Waals surface area contributed by atoms with Gasteiger partial charge in [0.25, 0.3) is 0 Å². The van der Waals surface area contributed by atoms with Crippen LogP contribution in [0.15, 0.2) is 54.2 Å². The van der Waals surface area contributed by atoms with Gasteiger partial charge >= 0.3 is 0 Å². The summed E-state index contributed by atoms with van der Waals surface area (Å²) < 4.78 is 0. The van der Waals surface area contributed by atoms with E-state index in [1.54, 1.807) is 31.0 Å². The van der Waals surface area contributed by atoms with E-state index in [9.17, 15) is 0 Å². The zero-order valence-electron chi connectivity index (χ0n) is 8.04. The topological polar surface area (TPSA) is 50.2 Å². The molecule has 0 aliphatic heterocycles. The number of aromatic nitrogens is 2. The highest BCUT2D eigenvalue weighted by Gasteiger charge is 1.86. The zero-order chi connectivity index (χ0) is 10.3. The summed E-state index contributed by atoms with van der Waals surface area (Å²) in [6.45, 7) is 0. The van der Waals surface area contributed by atoms with E-state index in [-0.39, 0.29) is 0 Å². The lowest BCUT2D eigenvalue weighted by Gasteiger charge is -1.97. The standard InChI is InChI=1S/C11H10N4/c1-5-12-6-2-10(1)9-14-15-11-3-7-13-8-4-11/h1-9H,(H,13,15). The minimum atomic E-state index is 0.912. The second-order valence-corrected chi connectivity index (χ2v) is 2.89. The Hall–Kier alpha value is -2.23. The maximum Gasteiger partial charge on any atom is 0.0592 e. The third-order valence-electron chi connectivity index (χ3n) is 1.79. The zero-order valence-corrected chi connectivity index (χ0v) is 8.04. The average Bonchev–Trinajstić information content (AvgIpc) is 2.32. The van der Waals surface area contributed by atoms with E-state index in [4.69, 9.17) is 0 Å². The van der Waals surface area contributed by atoms with Gasteiger partial charge in [0.05, 0.1) is 11.9 Å². The Labute approximate surface area is 87.7 Å². The fraction of sp³-hybridized carbons (Fsp3) is 0. The van der Waals surface area contributed by atoms with Gasteiger partial charge in [0.2, 0.25) is 0 Å². The molecule has 4 nitrogen and oxygen atoms in total. The van der Waals surface area contributed by atoms with Gasteiger partial charge in [0.1, 0.15) is 0 Å². The van der Waals surface area contributed by atoms with Crippen LogP contribution in [0.2, 0.25) is 0 Å². The highest BCUT2D eigenvalue weighted by atomic mass is 15.3. The summed E-state index contributed by atoms with van der Waals surface area (Å²) in [5.74, 6) is 0. The van der Waals surface area contributed by atoms with Crippen LogP contribution < -0.4 is 5.43 Å². The molecule has 2 rings (SSSR count). The maximum absolute atomic E-state index is 4.08. The van der Waals surface area contributed by atoms with Crippen LogP contribution in [-0.4, -0.2) is 16.2 Å². The molecule has 2 aromatic heterocycles. The van der Waals surface area contributed by atoms with E-state index in [1.807, 2.05) is 24.3 Å². The van der Waals surface area contributed by atoms with Crippen LogP contribution in [0.5, 0.6) is 0 Å². The summed E-state index contributed by atoms with van der Waals surface area (Å²) in [7, 11) is 0. The molecule has 0 spiro atoms. The second-order valence-electron chi connectivity index (χ2n) is 2.89. The van der Waals surface area contributed by atoms with Gasteiger partial charge in [-0.15, -0.1) is 0 Å². The van der Waals surface area contributed by atoms with Crippen molar-refractivity contribution in [3.8, 4) is 0 Å². The van der Waals surface area contributed by atoms with E-state index >= 15 is 0 Å². The first-order valence-electron chi connectivity index (χ1n) is 4.54. The average molecular weight is 198 g/mol. The highest BCUT2D eigenvalue weighted by Crippen LogP contribution is 2.02. The van der Waals surface area contributed by atoms with Gasteiger partial charge in [-0.1, -0.05) is 0 Å². The van der Waals surface area contributed by atoms with E-state index in [0.29, 0.717) is 0 Å². The first-order valence-corrected chi connectivity index (χ1v) is 4.54. The molecule has 0 unspecified atom stereocenters. The van der Waals surface area contributed by atoms with Crippen molar-refractivity contribution in [1.82, 2.24) is 9.97 Å². The molecule has 0 saturated carbocycles. The highest BCUT2D eigenvalue weighted by molar-refractivity contribution is 5.79. The van der Waals surface area contributed by atoms with Crippen LogP contribution in [0.3, 0.4) is 0 Å². The van der Waals surface area contributed by atoms with Gasteiger partial charge in [-0.3, -0.25) is 15.4 Å². The molecular formula is C11H10N4. The molecule has 0 atom stereocenters. The maximum atomic E-state index is 4.08. The lowest BCUT2D eigenvalue weighted by atomic mass is 10.3. The van der Waals surface area contributed by atoms with Gasteiger partial charge in [0.15, 0.2) is 0 Å². The summed E-state index contributed by atoms with van der Waals surface area (Å²) in [4.78, 5) is 7.83. The number of nitrogens with zero attached hydrogens (tertiary/aromatic N) is 3. The van der Waals surface area contributed by atoms with E-state index in [2.05, 4.69) is 20.5 Å². The molecule has 15 heavy (non-hydrogen) atoms. The van der Waals surface area contributed by atoms with Crippen molar-refractivity contribution in [2.45, 2.75) is 0 Å². The fourth-order valence-electron chi connectivity index (χ4n) is 1.06. The minimum absolute atomic E-state index is 0.912. The van der Waals surface area contributed by atoms with Crippen LogP contribution >= 0.6 is 0 Å². The lowest BCUT2D eigenvalue weighted by molar-refractivity contribution is 1.28. The Bertz CT molecular complexity index is 425. The van der Waals surface area contributed by atoms with Crippen molar-refractivity contribution >= 4 is 11.9 Å². The van der Waals surface area contributed by atoms with Gasteiger partial charge < -0.3 is 0 Å². The molecule has 0 aliphatic rings. The molecule has 4 heteroatoms. The van der Waals surface area contributed by atoms with Crippen molar-refractivity contribution in [1.29, 1.82) is 0 Å². The van der Waals surface area contributed by atoms with Crippen LogP contribution in [0.4, 0.5) is 5.69 Å². The van der Waals surface area contributed by atoms with Crippen LogP contribution in [0.1, 0.15) is 5.56 Å². The SMILES string of the molecule is C(=NNc1ccncc1)c1ccncc1. The van der Waals surface area contributed by atoms with Gasteiger partial charge in [-0.05, 0) is 29.8 Å². The molecule has 1 N–H and O–H groups in total. The molecule has 0 saturated heterocycles. The van der Waals surface area contributed by atoms with Crippen molar-refractivity contribution in [3.05, 3.63) is 54.6 Å². The minimum Gasteiger partial charge on any atom is -0.278 e. The number of nitrogens with one attached hydrogen (secondary N) is 1. The Morgan fingerprint density at radius 2 is 1.53 bits per heavy atom. The van der Waals surface area contributed by atoms with Gasteiger partial charge in [-0.2, -0.15) is 5.10 Å². The Kier molecular flexibility index (Phi) is 3.02. The predicted octanol–water partition coefficient (Wildman–Crippen LogP) is 1.92. The molecule has 0 aliphatic carbocycles. The van der Waals surface area contributed by atoms with Crippen LogP contribution in [0, 0.1) is 0 Å². The summed E-state index contributed by atoms with van der Waals surface area (Å²) in [5, 5.41) is 4.08. The number of hydrogen-bond donors (Lipinski definition) is 1. The molecule has 0 radical (unpaired) electrons. The molecule has 0 fully saturated rings. The summed E-state index contributed by atoms with van der Waals surface area (Å²) in [6, 6.07) is 7.48. The summed E-state index contributed by atoms with van der Waals surface area (Å²) in [6.07, 6.45) is 8.62.